The molecule has 0 amide bonds. The van der Waals surface area contributed by atoms with Gasteiger partial charge in [-0.1, -0.05) is 6.07 Å². The molecule has 1 saturated carbocycles. The van der Waals surface area contributed by atoms with Gasteiger partial charge in [0.1, 0.15) is 0 Å². The van der Waals surface area contributed by atoms with Crippen molar-refractivity contribution in [3.05, 3.63) is 35.3 Å². The number of aromatic nitrogens is 1. The van der Waals surface area contributed by atoms with Crippen LogP contribution in [0.4, 0.5) is 0 Å². The molecule has 0 saturated heterocycles. The quantitative estimate of drug-likeness (QED) is 0.807. The number of allylic oxidation sites excluding steroid dienone is 1. The first-order valence-electron chi connectivity index (χ1n) is 5.75. The molecular formula is C13H19N3. The maximum absolute atomic E-state index is 5.72. The van der Waals surface area contributed by atoms with E-state index in [0.29, 0.717) is 5.92 Å². The fraction of sp³-hybridized carbons (Fsp3) is 0.462. The Morgan fingerprint density at radius 3 is 3.19 bits per heavy atom. The molecular weight excluding hydrogens is 198 g/mol. The molecule has 0 spiro atoms. The van der Waals surface area contributed by atoms with Crippen LogP contribution in [0.15, 0.2) is 24.0 Å². The van der Waals surface area contributed by atoms with E-state index in [4.69, 9.17) is 5.73 Å². The van der Waals surface area contributed by atoms with Crippen molar-refractivity contribution in [3.63, 3.8) is 0 Å². The van der Waals surface area contributed by atoms with Crippen LogP contribution in [0.2, 0.25) is 0 Å². The minimum Gasteiger partial charge on any atom is -0.402 e. The van der Waals surface area contributed by atoms with Crippen molar-refractivity contribution in [1.29, 1.82) is 0 Å². The van der Waals surface area contributed by atoms with Crippen LogP contribution in [-0.4, -0.2) is 18.6 Å². The van der Waals surface area contributed by atoms with E-state index in [-0.39, 0.29) is 0 Å². The maximum atomic E-state index is 5.72. The smallest absolute Gasteiger partial charge is 0.0681 e. The van der Waals surface area contributed by atoms with Crippen molar-refractivity contribution < 1.29 is 0 Å². The number of hydrogen-bond acceptors (Lipinski definition) is 3. The lowest BCUT2D eigenvalue weighted by atomic mass is 10.1. The monoisotopic (exact) mass is 217 g/mol. The van der Waals surface area contributed by atoms with Gasteiger partial charge in [-0.25, -0.2) is 0 Å². The molecule has 1 aliphatic carbocycles. The second-order valence-electron chi connectivity index (χ2n) is 4.53. The Morgan fingerprint density at radius 1 is 1.69 bits per heavy atom. The lowest BCUT2D eigenvalue weighted by molar-refractivity contribution is 0.697. The molecule has 0 radical (unpaired) electrons. The minimum absolute atomic E-state index is 0.659. The number of nitrogens with two attached hydrogens (primary N) is 1. The summed E-state index contributed by atoms with van der Waals surface area (Å²) in [6, 6.07) is 4.18. The zero-order chi connectivity index (χ0) is 11.5. The average molecular weight is 217 g/mol. The largest absolute Gasteiger partial charge is 0.402 e. The molecule has 1 heterocycles. The van der Waals surface area contributed by atoms with E-state index in [1.807, 2.05) is 32.3 Å². The van der Waals surface area contributed by atoms with Crippen LogP contribution in [0, 0.1) is 5.92 Å². The number of rotatable bonds is 4. The Bertz CT molecular complexity index is 394. The van der Waals surface area contributed by atoms with Gasteiger partial charge in [0.25, 0.3) is 0 Å². The van der Waals surface area contributed by atoms with Gasteiger partial charge >= 0.3 is 0 Å². The van der Waals surface area contributed by atoms with Crippen molar-refractivity contribution in [2.75, 3.05) is 13.6 Å². The van der Waals surface area contributed by atoms with Crippen molar-refractivity contribution in [2.45, 2.75) is 19.3 Å². The van der Waals surface area contributed by atoms with Crippen molar-refractivity contribution in [1.82, 2.24) is 10.3 Å². The predicted molar refractivity (Wildman–Crippen MR) is 66.9 cm³/mol. The summed E-state index contributed by atoms with van der Waals surface area (Å²) in [7, 11) is 2.00. The average Bonchev–Trinajstić information content (AvgIpc) is 2.98. The first-order chi connectivity index (χ1) is 7.72. The van der Waals surface area contributed by atoms with Gasteiger partial charge in [0, 0.05) is 11.9 Å². The van der Waals surface area contributed by atoms with Crippen LogP contribution in [0.25, 0.3) is 6.08 Å². The van der Waals surface area contributed by atoms with Gasteiger partial charge in [-0.05, 0) is 56.5 Å². The molecule has 1 fully saturated rings. The van der Waals surface area contributed by atoms with Gasteiger partial charge in [0.2, 0.25) is 0 Å². The summed E-state index contributed by atoms with van der Waals surface area (Å²) < 4.78 is 0. The highest BCUT2D eigenvalue weighted by Gasteiger charge is 2.38. The molecule has 3 N–H and O–H groups in total. The van der Waals surface area contributed by atoms with E-state index in [2.05, 4.69) is 16.4 Å². The van der Waals surface area contributed by atoms with Gasteiger partial charge in [0.15, 0.2) is 0 Å². The second kappa shape index (κ2) is 4.66. The first-order valence-corrected chi connectivity index (χ1v) is 5.75. The van der Waals surface area contributed by atoms with E-state index in [9.17, 15) is 0 Å². The molecule has 3 nitrogen and oxygen atoms in total. The summed E-state index contributed by atoms with van der Waals surface area (Å²) in [5.41, 5.74) is 8.90. The molecule has 2 unspecified atom stereocenters. The standard InChI is InChI=1S/C13H19N3/c1-9(14)6-13-11(4-3-5-16-13)12-7-10(12)8-15-2/h3-6,10,12,15H,7-8,14H2,1-2H3/b9-6-. The van der Waals surface area contributed by atoms with Gasteiger partial charge in [0.05, 0.1) is 5.69 Å². The number of nitrogens with zero attached hydrogens (tertiary/aromatic N) is 1. The molecule has 2 rings (SSSR count). The molecule has 2 atom stereocenters. The molecule has 3 heteroatoms. The van der Waals surface area contributed by atoms with Crippen molar-refractivity contribution in [3.8, 4) is 0 Å². The van der Waals surface area contributed by atoms with Gasteiger partial charge in [-0.2, -0.15) is 0 Å². The molecule has 1 aliphatic rings. The zero-order valence-electron chi connectivity index (χ0n) is 9.90. The predicted octanol–water partition coefficient (Wildman–Crippen LogP) is 1.72. The van der Waals surface area contributed by atoms with E-state index in [1.54, 1.807) is 0 Å². The van der Waals surface area contributed by atoms with Crippen LogP contribution in [0.3, 0.4) is 0 Å². The highest BCUT2D eigenvalue weighted by molar-refractivity contribution is 5.53. The highest BCUT2D eigenvalue weighted by atomic mass is 14.8. The Morgan fingerprint density at radius 2 is 2.50 bits per heavy atom. The van der Waals surface area contributed by atoms with Crippen LogP contribution >= 0.6 is 0 Å². The number of nitrogens with one attached hydrogen (secondary N) is 1. The fourth-order valence-corrected chi connectivity index (χ4v) is 2.20. The maximum Gasteiger partial charge on any atom is 0.0681 e. The van der Waals surface area contributed by atoms with Crippen molar-refractivity contribution in [2.24, 2.45) is 11.7 Å². The number of hydrogen-bond donors (Lipinski definition) is 2. The summed E-state index contributed by atoms with van der Waals surface area (Å²) in [5.74, 6) is 1.42. The topological polar surface area (TPSA) is 50.9 Å². The lowest BCUT2D eigenvalue weighted by Gasteiger charge is -2.05. The normalized spacial score (nSPS) is 24.5. The Labute approximate surface area is 96.8 Å². The first kappa shape index (κ1) is 11.1. The SMILES string of the molecule is CNCC1CC1c1cccnc1/C=C(/C)N. The van der Waals surface area contributed by atoms with Crippen LogP contribution < -0.4 is 11.1 Å². The highest BCUT2D eigenvalue weighted by Crippen LogP contribution is 2.47. The summed E-state index contributed by atoms with van der Waals surface area (Å²) >= 11 is 0. The van der Waals surface area contributed by atoms with E-state index in [1.165, 1.54) is 12.0 Å². The summed E-state index contributed by atoms with van der Waals surface area (Å²) in [6.45, 7) is 2.99. The molecule has 86 valence electrons. The fourth-order valence-electron chi connectivity index (χ4n) is 2.20. The summed E-state index contributed by atoms with van der Waals surface area (Å²) in [5, 5.41) is 3.23. The van der Waals surface area contributed by atoms with Crippen molar-refractivity contribution >= 4 is 6.08 Å². The third kappa shape index (κ3) is 2.42. The molecule has 1 aromatic heterocycles. The van der Waals surface area contributed by atoms with Gasteiger partial charge in [-0.15, -0.1) is 0 Å². The molecule has 0 aliphatic heterocycles. The minimum atomic E-state index is 0.659. The third-order valence-electron chi connectivity index (χ3n) is 3.02. The number of pyridine rings is 1. The Hall–Kier alpha value is -1.35. The van der Waals surface area contributed by atoms with Gasteiger partial charge < -0.3 is 11.1 Å². The van der Waals surface area contributed by atoms with Gasteiger partial charge in [-0.3, -0.25) is 4.98 Å². The Kier molecular flexibility index (Phi) is 3.25. The third-order valence-corrected chi connectivity index (χ3v) is 3.02. The van der Waals surface area contributed by atoms with E-state index < -0.39 is 0 Å². The molecule has 0 aromatic carbocycles. The zero-order valence-corrected chi connectivity index (χ0v) is 9.90. The second-order valence-corrected chi connectivity index (χ2v) is 4.53. The van der Waals surface area contributed by atoms with Crippen LogP contribution in [-0.2, 0) is 0 Å². The van der Waals surface area contributed by atoms with E-state index >= 15 is 0 Å². The van der Waals surface area contributed by atoms with E-state index in [0.717, 1.165) is 23.9 Å². The van der Waals surface area contributed by atoms with Crippen LogP contribution in [0.1, 0.15) is 30.5 Å². The Balaban J connectivity index is 2.19. The molecule has 1 aromatic rings. The molecule has 0 bridgehead atoms. The van der Waals surface area contributed by atoms with Crippen LogP contribution in [0.5, 0.6) is 0 Å². The molecule has 16 heavy (non-hydrogen) atoms. The lowest BCUT2D eigenvalue weighted by Crippen LogP contribution is -2.10. The summed E-state index contributed by atoms with van der Waals surface area (Å²) in [4.78, 5) is 4.40. The summed E-state index contributed by atoms with van der Waals surface area (Å²) in [6.07, 6.45) is 5.05.